The van der Waals surface area contributed by atoms with Crippen LogP contribution >= 0.6 is 11.3 Å². The number of aromatic nitrogens is 1. The molecule has 0 atom stereocenters. The minimum Gasteiger partial charge on any atom is -0.330 e. The molecule has 1 heterocycles. The van der Waals surface area contributed by atoms with Crippen molar-refractivity contribution in [3.63, 3.8) is 0 Å². The van der Waals surface area contributed by atoms with Gasteiger partial charge in [-0.1, -0.05) is 56.0 Å². The zero-order chi connectivity index (χ0) is 14.5. The van der Waals surface area contributed by atoms with Gasteiger partial charge in [0.15, 0.2) is 0 Å². The van der Waals surface area contributed by atoms with Gasteiger partial charge in [0, 0.05) is 16.4 Å². The summed E-state index contributed by atoms with van der Waals surface area (Å²) in [6, 6.07) is 10.6. The average Bonchev–Trinajstić information content (AvgIpc) is 2.75. The molecule has 0 spiro atoms. The number of hydrogen-bond donors (Lipinski definition) is 1. The van der Waals surface area contributed by atoms with Crippen molar-refractivity contribution in [2.24, 2.45) is 5.73 Å². The van der Waals surface area contributed by atoms with E-state index in [0.29, 0.717) is 12.5 Å². The molecule has 3 heteroatoms. The zero-order valence-electron chi connectivity index (χ0n) is 12.6. The van der Waals surface area contributed by atoms with E-state index in [4.69, 9.17) is 10.7 Å². The third kappa shape index (κ3) is 3.53. The van der Waals surface area contributed by atoms with Crippen LogP contribution < -0.4 is 5.73 Å². The topological polar surface area (TPSA) is 38.9 Å². The third-order valence-corrected chi connectivity index (χ3v) is 5.61. The van der Waals surface area contributed by atoms with E-state index in [9.17, 15) is 0 Å². The summed E-state index contributed by atoms with van der Waals surface area (Å²) in [4.78, 5) is 6.39. The molecule has 0 unspecified atom stereocenters. The summed E-state index contributed by atoms with van der Waals surface area (Å²) in [6.07, 6.45) is 9.06. The van der Waals surface area contributed by atoms with Gasteiger partial charge in [-0.3, -0.25) is 0 Å². The van der Waals surface area contributed by atoms with E-state index in [1.807, 2.05) is 11.3 Å². The van der Waals surface area contributed by atoms with Crippen LogP contribution in [0.3, 0.4) is 0 Å². The highest BCUT2D eigenvalue weighted by Gasteiger charge is 2.20. The van der Waals surface area contributed by atoms with Crippen molar-refractivity contribution in [3.8, 4) is 11.3 Å². The van der Waals surface area contributed by atoms with Gasteiger partial charge in [-0.15, -0.1) is 11.3 Å². The summed E-state index contributed by atoms with van der Waals surface area (Å²) >= 11 is 1.90. The third-order valence-electron chi connectivity index (χ3n) is 4.34. The predicted molar refractivity (Wildman–Crippen MR) is 90.8 cm³/mol. The standard InChI is InChI=1S/C18H24N2S/c19-13-12-16-17(14-8-6-3-7-9-14)20-18(21-16)15-10-4-1-2-5-11-15/h3,6-9,15H,1-2,4-5,10-13,19H2. The first kappa shape index (κ1) is 14.7. The molecule has 21 heavy (non-hydrogen) atoms. The molecular formula is C18H24N2S. The van der Waals surface area contributed by atoms with E-state index in [-0.39, 0.29) is 0 Å². The molecular weight excluding hydrogens is 276 g/mol. The van der Waals surface area contributed by atoms with Crippen molar-refractivity contribution in [3.05, 3.63) is 40.2 Å². The molecule has 1 aromatic carbocycles. The lowest BCUT2D eigenvalue weighted by atomic mass is 10.0. The Morgan fingerprint density at radius 2 is 1.76 bits per heavy atom. The molecule has 2 aromatic rings. The monoisotopic (exact) mass is 300 g/mol. The Labute approximate surface area is 131 Å². The Bertz CT molecular complexity index is 554. The number of hydrogen-bond acceptors (Lipinski definition) is 3. The molecule has 0 radical (unpaired) electrons. The second-order valence-electron chi connectivity index (χ2n) is 5.92. The normalized spacial score (nSPS) is 16.8. The van der Waals surface area contributed by atoms with E-state index < -0.39 is 0 Å². The van der Waals surface area contributed by atoms with Crippen molar-refractivity contribution in [1.82, 2.24) is 4.98 Å². The molecule has 112 valence electrons. The molecule has 3 rings (SSSR count). The van der Waals surface area contributed by atoms with E-state index in [0.717, 1.165) is 6.42 Å². The van der Waals surface area contributed by atoms with Gasteiger partial charge >= 0.3 is 0 Å². The van der Waals surface area contributed by atoms with Crippen molar-refractivity contribution < 1.29 is 0 Å². The van der Waals surface area contributed by atoms with E-state index in [2.05, 4.69) is 30.3 Å². The molecule has 1 saturated carbocycles. The van der Waals surface area contributed by atoms with Crippen molar-refractivity contribution in [1.29, 1.82) is 0 Å². The van der Waals surface area contributed by atoms with Crippen LogP contribution in [0.25, 0.3) is 11.3 Å². The molecule has 0 bridgehead atoms. The fraction of sp³-hybridized carbons (Fsp3) is 0.500. The maximum absolute atomic E-state index is 5.80. The van der Waals surface area contributed by atoms with Gasteiger partial charge in [0.2, 0.25) is 0 Å². The Balaban J connectivity index is 1.92. The van der Waals surface area contributed by atoms with Gasteiger partial charge in [0.05, 0.1) is 10.7 Å². The molecule has 2 N–H and O–H groups in total. The lowest BCUT2D eigenvalue weighted by Gasteiger charge is -2.09. The first-order valence-electron chi connectivity index (χ1n) is 8.13. The summed E-state index contributed by atoms with van der Waals surface area (Å²) in [5.41, 5.74) is 8.20. The summed E-state index contributed by atoms with van der Waals surface area (Å²) in [5, 5.41) is 1.35. The SMILES string of the molecule is NCCc1sc(C2CCCCCC2)nc1-c1ccccc1. The van der Waals surface area contributed by atoms with Gasteiger partial charge in [0.25, 0.3) is 0 Å². The number of thiazole rings is 1. The quantitative estimate of drug-likeness (QED) is 0.828. The Morgan fingerprint density at radius 1 is 1.05 bits per heavy atom. The lowest BCUT2D eigenvalue weighted by molar-refractivity contribution is 0.589. The molecule has 2 nitrogen and oxygen atoms in total. The van der Waals surface area contributed by atoms with Crippen LogP contribution in [-0.4, -0.2) is 11.5 Å². The smallest absolute Gasteiger partial charge is 0.0966 e. The van der Waals surface area contributed by atoms with E-state index >= 15 is 0 Å². The number of rotatable bonds is 4. The summed E-state index contributed by atoms with van der Waals surface area (Å²) in [7, 11) is 0. The van der Waals surface area contributed by atoms with Crippen molar-refractivity contribution in [2.45, 2.75) is 50.9 Å². The highest BCUT2D eigenvalue weighted by Crippen LogP contribution is 2.37. The second kappa shape index (κ2) is 7.19. The predicted octanol–water partition coefficient (Wildman–Crippen LogP) is 4.75. The molecule has 0 saturated heterocycles. The maximum atomic E-state index is 5.80. The van der Waals surface area contributed by atoms with Gasteiger partial charge < -0.3 is 5.73 Å². The van der Waals surface area contributed by atoms with Crippen LogP contribution in [0.2, 0.25) is 0 Å². The highest BCUT2D eigenvalue weighted by atomic mass is 32.1. The van der Waals surface area contributed by atoms with Crippen LogP contribution in [0.4, 0.5) is 0 Å². The van der Waals surface area contributed by atoms with Gasteiger partial charge in [-0.2, -0.15) is 0 Å². The van der Waals surface area contributed by atoms with Crippen LogP contribution in [-0.2, 0) is 6.42 Å². The molecule has 0 amide bonds. The number of benzene rings is 1. The molecule has 1 fully saturated rings. The summed E-state index contributed by atoms with van der Waals surface area (Å²) < 4.78 is 0. The fourth-order valence-electron chi connectivity index (χ4n) is 3.19. The minimum absolute atomic E-state index is 0.673. The maximum Gasteiger partial charge on any atom is 0.0966 e. The van der Waals surface area contributed by atoms with Crippen LogP contribution in [0.5, 0.6) is 0 Å². The molecule has 1 aliphatic carbocycles. The van der Waals surface area contributed by atoms with Crippen LogP contribution in [0, 0.1) is 0 Å². The van der Waals surface area contributed by atoms with Gasteiger partial charge in [-0.25, -0.2) is 4.98 Å². The first-order valence-corrected chi connectivity index (χ1v) is 8.95. The van der Waals surface area contributed by atoms with Crippen LogP contribution in [0.1, 0.15) is 54.3 Å². The minimum atomic E-state index is 0.673. The van der Waals surface area contributed by atoms with E-state index in [1.165, 1.54) is 59.7 Å². The number of nitrogens with two attached hydrogens (primary N) is 1. The van der Waals surface area contributed by atoms with E-state index in [1.54, 1.807) is 0 Å². The molecule has 0 aliphatic heterocycles. The van der Waals surface area contributed by atoms with Gasteiger partial charge in [-0.05, 0) is 25.8 Å². The summed E-state index contributed by atoms with van der Waals surface area (Å²) in [5.74, 6) is 0.673. The highest BCUT2D eigenvalue weighted by molar-refractivity contribution is 7.12. The lowest BCUT2D eigenvalue weighted by Crippen LogP contribution is -2.02. The Hall–Kier alpha value is -1.19. The van der Waals surface area contributed by atoms with Crippen LogP contribution in [0.15, 0.2) is 30.3 Å². The van der Waals surface area contributed by atoms with Crippen molar-refractivity contribution >= 4 is 11.3 Å². The average molecular weight is 300 g/mol. The van der Waals surface area contributed by atoms with Gasteiger partial charge in [0.1, 0.15) is 0 Å². The fourth-order valence-corrected chi connectivity index (χ4v) is 4.46. The summed E-state index contributed by atoms with van der Waals surface area (Å²) in [6.45, 7) is 0.701. The molecule has 1 aromatic heterocycles. The van der Waals surface area contributed by atoms with Crippen molar-refractivity contribution in [2.75, 3.05) is 6.54 Å². The number of nitrogens with zero attached hydrogens (tertiary/aromatic N) is 1. The Morgan fingerprint density at radius 3 is 2.43 bits per heavy atom. The molecule has 1 aliphatic rings. The zero-order valence-corrected chi connectivity index (χ0v) is 13.4. The second-order valence-corrected chi connectivity index (χ2v) is 7.03. The largest absolute Gasteiger partial charge is 0.330 e. The Kier molecular flexibility index (Phi) is 5.04. The first-order chi connectivity index (χ1) is 10.4.